The van der Waals surface area contributed by atoms with Crippen LogP contribution in [0.3, 0.4) is 0 Å². The Morgan fingerprint density at radius 2 is 2.22 bits per heavy atom. The molecule has 0 aliphatic heterocycles. The van der Waals surface area contributed by atoms with Gasteiger partial charge < -0.3 is 14.3 Å². The molecule has 3 rings (SSSR count). The van der Waals surface area contributed by atoms with Crippen LogP contribution in [0.15, 0.2) is 45.5 Å². The van der Waals surface area contributed by atoms with Gasteiger partial charge >= 0.3 is 0 Å². The number of amides is 1. The van der Waals surface area contributed by atoms with Crippen molar-refractivity contribution >= 4 is 11.6 Å². The van der Waals surface area contributed by atoms with Gasteiger partial charge in [0.15, 0.2) is 5.76 Å². The lowest BCUT2D eigenvalue weighted by molar-refractivity contribution is -0.116. The van der Waals surface area contributed by atoms with Crippen molar-refractivity contribution in [1.82, 2.24) is 10.1 Å². The van der Waals surface area contributed by atoms with Crippen LogP contribution >= 0.6 is 0 Å². The molecule has 7 heteroatoms. The van der Waals surface area contributed by atoms with Gasteiger partial charge in [-0.1, -0.05) is 11.2 Å². The minimum absolute atomic E-state index is 0.148. The lowest BCUT2D eigenvalue weighted by Crippen LogP contribution is -2.12. The van der Waals surface area contributed by atoms with Crippen LogP contribution in [-0.4, -0.2) is 16.0 Å². The van der Waals surface area contributed by atoms with Crippen LogP contribution in [0.2, 0.25) is 0 Å². The number of aryl methyl sites for hydroxylation is 2. The SMILES string of the molecule is Cc1ccc(NC(=O)CCc2nc(-c3ccco3)no2)cc1F. The Morgan fingerprint density at radius 1 is 1.35 bits per heavy atom. The first-order chi connectivity index (χ1) is 11.1. The van der Waals surface area contributed by atoms with E-state index in [-0.39, 0.29) is 24.6 Å². The first-order valence-corrected chi connectivity index (χ1v) is 7.04. The number of nitrogens with zero attached hydrogens (tertiary/aromatic N) is 2. The lowest BCUT2D eigenvalue weighted by atomic mass is 10.2. The van der Waals surface area contributed by atoms with Crippen LogP contribution in [0.25, 0.3) is 11.6 Å². The normalized spacial score (nSPS) is 10.7. The molecule has 0 radical (unpaired) electrons. The standard InChI is InChI=1S/C16H14FN3O3/c1-10-4-5-11(9-12(10)17)18-14(21)6-7-15-19-16(20-23-15)13-3-2-8-22-13/h2-5,8-9H,6-7H2,1H3,(H,18,21). The van der Waals surface area contributed by atoms with Crippen molar-refractivity contribution in [2.45, 2.75) is 19.8 Å². The van der Waals surface area contributed by atoms with Gasteiger partial charge in [-0.25, -0.2) is 4.39 Å². The van der Waals surface area contributed by atoms with Crippen LogP contribution in [0.5, 0.6) is 0 Å². The van der Waals surface area contributed by atoms with Crippen molar-refractivity contribution in [1.29, 1.82) is 0 Å². The van der Waals surface area contributed by atoms with E-state index >= 15 is 0 Å². The van der Waals surface area contributed by atoms with Crippen LogP contribution < -0.4 is 5.32 Å². The third-order valence-electron chi connectivity index (χ3n) is 3.23. The summed E-state index contributed by atoms with van der Waals surface area (Å²) >= 11 is 0. The smallest absolute Gasteiger partial charge is 0.238 e. The van der Waals surface area contributed by atoms with Gasteiger partial charge in [-0.2, -0.15) is 4.98 Å². The molecule has 0 aliphatic carbocycles. The molecule has 0 saturated heterocycles. The molecular weight excluding hydrogens is 301 g/mol. The highest BCUT2D eigenvalue weighted by Crippen LogP contribution is 2.17. The van der Waals surface area contributed by atoms with Crippen LogP contribution in [-0.2, 0) is 11.2 Å². The zero-order valence-electron chi connectivity index (χ0n) is 12.4. The molecule has 0 unspecified atom stereocenters. The van der Waals surface area contributed by atoms with E-state index in [2.05, 4.69) is 15.5 Å². The first kappa shape index (κ1) is 15.0. The summed E-state index contributed by atoms with van der Waals surface area (Å²) in [5, 5.41) is 6.41. The van der Waals surface area contributed by atoms with Gasteiger partial charge in [0.1, 0.15) is 5.82 Å². The number of anilines is 1. The highest BCUT2D eigenvalue weighted by molar-refractivity contribution is 5.90. The summed E-state index contributed by atoms with van der Waals surface area (Å²) in [6.45, 7) is 1.66. The highest BCUT2D eigenvalue weighted by Gasteiger charge is 2.12. The Morgan fingerprint density at radius 3 is 2.96 bits per heavy atom. The van der Waals surface area contributed by atoms with Crippen LogP contribution in [0.4, 0.5) is 10.1 Å². The van der Waals surface area contributed by atoms with Crippen molar-refractivity contribution in [2.75, 3.05) is 5.32 Å². The summed E-state index contributed by atoms with van der Waals surface area (Å²) in [6.07, 6.45) is 1.95. The fourth-order valence-electron chi connectivity index (χ4n) is 1.98. The van der Waals surface area contributed by atoms with Crippen molar-refractivity contribution < 1.29 is 18.1 Å². The Hall–Kier alpha value is -2.96. The second kappa shape index (κ2) is 6.43. The molecule has 1 aromatic carbocycles. The zero-order chi connectivity index (χ0) is 16.2. The third kappa shape index (κ3) is 3.63. The Kier molecular flexibility index (Phi) is 4.18. The summed E-state index contributed by atoms with van der Waals surface area (Å²) in [7, 11) is 0. The highest BCUT2D eigenvalue weighted by atomic mass is 19.1. The Balaban J connectivity index is 1.55. The van der Waals surface area contributed by atoms with Gasteiger partial charge in [0.25, 0.3) is 0 Å². The van der Waals surface area contributed by atoms with Gasteiger partial charge in [0.05, 0.1) is 6.26 Å². The number of halogens is 1. The monoisotopic (exact) mass is 315 g/mol. The number of hydrogen-bond donors (Lipinski definition) is 1. The topological polar surface area (TPSA) is 81.2 Å². The largest absolute Gasteiger partial charge is 0.461 e. The zero-order valence-corrected chi connectivity index (χ0v) is 12.4. The number of aromatic nitrogens is 2. The lowest BCUT2D eigenvalue weighted by Gasteiger charge is -2.05. The molecule has 0 bridgehead atoms. The molecular formula is C16H14FN3O3. The number of carbonyl (C=O) groups excluding carboxylic acids is 1. The van der Waals surface area contributed by atoms with Crippen LogP contribution in [0, 0.1) is 12.7 Å². The predicted molar refractivity (Wildman–Crippen MR) is 80.1 cm³/mol. The van der Waals surface area contributed by atoms with Gasteiger partial charge in [0, 0.05) is 18.5 Å². The fourth-order valence-corrected chi connectivity index (χ4v) is 1.98. The fraction of sp³-hybridized carbons (Fsp3) is 0.188. The molecule has 0 atom stereocenters. The molecule has 0 fully saturated rings. The summed E-state index contributed by atoms with van der Waals surface area (Å²) in [5.41, 5.74) is 0.944. The quantitative estimate of drug-likeness (QED) is 0.781. The van der Waals surface area contributed by atoms with E-state index in [0.29, 0.717) is 28.7 Å². The van der Waals surface area contributed by atoms with Gasteiger partial charge in [-0.05, 0) is 36.8 Å². The number of furan rings is 1. The van der Waals surface area contributed by atoms with Crippen molar-refractivity contribution in [3.05, 3.63) is 53.9 Å². The molecule has 1 N–H and O–H groups in total. The van der Waals surface area contributed by atoms with E-state index in [4.69, 9.17) is 8.94 Å². The molecule has 0 aliphatic rings. The second-order valence-electron chi connectivity index (χ2n) is 5.00. The van der Waals surface area contributed by atoms with E-state index in [1.807, 2.05) is 0 Å². The Labute approximate surface area is 131 Å². The summed E-state index contributed by atoms with van der Waals surface area (Å²) in [5.74, 6) is 0.557. The summed E-state index contributed by atoms with van der Waals surface area (Å²) in [4.78, 5) is 16.0. The molecule has 23 heavy (non-hydrogen) atoms. The number of hydrogen-bond acceptors (Lipinski definition) is 5. The molecule has 1 amide bonds. The Bertz CT molecular complexity index is 812. The van der Waals surface area contributed by atoms with Crippen molar-refractivity contribution in [3.63, 3.8) is 0 Å². The predicted octanol–water partition coefficient (Wildman–Crippen LogP) is 3.35. The van der Waals surface area contributed by atoms with E-state index in [1.54, 1.807) is 31.2 Å². The molecule has 0 saturated carbocycles. The molecule has 118 valence electrons. The van der Waals surface area contributed by atoms with Gasteiger partial charge in [0.2, 0.25) is 17.6 Å². The summed E-state index contributed by atoms with van der Waals surface area (Å²) < 4.78 is 23.6. The number of benzene rings is 1. The van der Waals surface area contributed by atoms with E-state index in [9.17, 15) is 9.18 Å². The molecule has 2 heterocycles. The average Bonchev–Trinajstić information content (AvgIpc) is 3.19. The maximum Gasteiger partial charge on any atom is 0.238 e. The maximum absolute atomic E-state index is 13.4. The third-order valence-corrected chi connectivity index (χ3v) is 3.23. The number of nitrogens with one attached hydrogen (secondary N) is 1. The number of rotatable bonds is 5. The molecule has 2 aromatic heterocycles. The maximum atomic E-state index is 13.4. The van der Waals surface area contributed by atoms with Crippen LogP contribution in [0.1, 0.15) is 17.9 Å². The van der Waals surface area contributed by atoms with Gasteiger partial charge in [-0.3, -0.25) is 4.79 Å². The second-order valence-corrected chi connectivity index (χ2v) is 5.00. The molecule has 3 aromatic rings. The van der Waals surface area contributed by atoms with Crippen molar-refractivity contribution in [3.8, 4) is 11.6 Å². The van der Waals surface area contributed by atoms with Crippen molar-refractivity contribution in [2.24, 2.45) is 0 Å². The number of carbonyl (C=O) groups is 1. The average molecular weight is 315 g/mol. The molecule has 0 spiro atoms. The van der Waals surface area contributed by atoms with E-state index < -0.39 is 0 Å². The minimum Gasteiger partial charge on any atom is -0.461 e. The van der Waals surface area contributed by atoms with E-state index in [0.717, 1.165) is 0 Å². The first-order valence-electron chi connectivity index (χ1n) is 7.04. The van der Waals surface area contributed by atoms with Gasteiger partial charge in [-0.15, -0.1) is 0 Å². The van der Waals surface area contributed by atoms with E-state index in [1.165, 1.54) is 12.3 Å². The summed E-state index contributed by atoms with van der Waals surface area (Å²) in [6, 6.07) is 7.98. The minimum atomic E-state index is -0.359. The molecule has 6 nitrogen and oxygen atoms in total.